The van der Waals surface area contributed by atoms with E-state index < -0.39 is 5.97 Å². The van der Waals surface area contributed by atoms with E-state index in [-0.39, 0.29) is 22.2 Å². The number of aromatic carboxylic acids is 1. The fourth-order valence-electron chi connectivity index (χ4n) is 2.29. The van der Waals surface area contributed by atoms with Crippen molar-refractivity contribution in [1.29, 1.82) is 0 Å². The Morgan fingerprint density at radius 2 is 1.89 bits per heavy atom. The first kappa shape index (κ1) is 19.7. The molecule has 0 aliphatic carbocycles. The van der Waals surface area contributed by atoms with Crippen molar-refractivity contribution in [2.75, 3.05) is 11.1 Å². The maximum Gasteiger partial charge on any atom is 0.338 e. The number of carbonyl (C=O) groups excluding carboxylic acids is 1. The summed E-state index contributed by atoms with van der Waals surface area (Å²) in [5, 5.41) is 12.7. The van der Waals surface area contributed by atoms with Gasteiger partial charge in [0.05, 0.1) is 17.0 Å². The Bertz CT molecular complexity index is 999. The van der Waals surface area contributed by atoms with E-state index in [1.807, 2.05) is 18.2 Å². The van der Waals surface area contributed by atoms with Gasteiger partial charge in [0.2, 0.25) is 5.91 Å². The number of carboxylic acids is 1. The molecule has 0 saturated carbocycles. The van der Waals surface area contributed by atoms with Crippen molar-refractivity contribution in [3.63, 3.8) is 0 Å². The van der Waals surface area contributed by atoms with Gasteiger partial charge in [0, 0.05) is 11.2 Å². The van der Waals surface area contributed by atoms with Gasteiger partial charge in [-0.25, -0.2) is 9.78 Å². The van der Waals surface area contributed by atoms with Crippen molar-refractivity contribution in [2.45, 2.75) is 5.03 Å². The number of hydrogen-bond donors (Lipinski definition) is 2. The average Bonchev–Trinajstić information content (AvgIpc) is 2.69. The van der Waals surface area contributed by atoms with Crippen LogP contribution in [-0.4, -0.2) is 27.7 Å². The summed E-state index contributed by atoms with van der Waals surface area (Å²) in [6.07, 6.45) is 1.48. The maximum atomic E-state index is 12.4. The number of benzene rings is 2. The molecule has 0 aliphatic heterocycles. The van der Waals surface area contributed by atoms with Crippen LogP contribution in [0.1, 0.15) is 10.4 Å². The number of para-hydroxylation sites is 1. The lowest BCUT2D eigenvalue weighted by molar-refractivity contribution is -0.113. The third-order valence-electron chi connectivity index (χ3n) is 3.53. The fraction of sp³-hybridized carbons (Fsp3) is 0.0500. The van der Waals surface area contributed by atoms with Crippen molar-refractivity contribution in [2.24, 2.45) is 0 Å². The van der Waals surface area contributed by atoms with Crippen molar-refractivity contribution in [1.82, 2.24) is 4.98 Å². The molecule has 1 heterocycles. The number of aromatic nitrogens is 1. The molecule has 0 atom stereocenters. The lowest BCUT2D eigenvalue weighted by atomic mass is 10.3. The molecular formula is C20H15ClN2O4S. The maximum absolute atomic E-state index is 12.4. The highest BCUT2D eigenvalue weighted by atomic mass is 35.5. The quantitative estimate of drug-likeness (QED) is 0.531. The minimum Gasteiger partial charge on any atom is -0.478 e. The molecule has 6 nitrogen and oxygen atoms in total. The zero-order chi connectivity index (χ0) is 19.9. The first-order valence-corrected chi connectivity index (χ1v) is 9.52. The minimum atomic E-state index is -1.09. The van der Waals surface area contributed by atoms with Crippen LogP contribution in [0.3, 0.4) is 0 Å². The molecule has 2 aromatic carbocycles. The molecule has 0 unspecified atom stereocenters. The van der Waals surface area contributed by atoms with E-state index in [4.69, 9.17) is 16.3 Å². The summed E-state index contributed by atoms with van der Waals surface area (Å²) in [4.78, 5) is 27.6. The van der Waals surface area contributed by atoms with E-state index >= 15 is 0 Å². The van der Waals surface area contributed by atoms with Crippen LogP contribution in [0.4, 0.5) is 5.69 Å². The van der Waals surface area contributed by atoms with E-state index in [0.29, 0.717) is 22.2 Å². The highest BCUT2D eigenvalue weighted by Crippen LogP contribution is 2.32. The Kier molecular flexibility index (Phi) is 6.52. The number of nitrogens with zero attached hydrogens (tertiary/aromatic N) is 1. The monoisotopic (exact) mass is 414 g/mol. The van der Waals surface area contributed by atoms with Crippen molar-refractivity contribution < 1.29 is 19.4 Å². The van der Waals surface area contributed by atoms with Crippen LogP contribution in [0.5, 0.6) is 11.5 Å². The van der Waals surface area contributed by atoms with E-state index in [1.54, 1.807) is 30.3 Å². The number of ether oxygens (including phenoxy) is 1. The van der Waals surface area contributed by atoms with Gasteiger partial charge in [0.25, 0.3) is 0 Å². The van der Waals surface area contributed by atoms with Gasteiger partial charge in [-0.1, -0.05) is 41.6 Å². The molecule has 1 amide bonds. The molecule has 3 rings (SSSR count). The highest BCUT2D eigenvalue weighted by Gasteiger charge is 2.14. The summed E-state index contributed by atoms with van der Waals surface area (Å²) in [5.74, 6) is -0.391. The van der Waals surface area contributed by atoms with Gasteiger partial charge < -0.3 is 15.2 Å². The zero-order valence-electron chi connectivity index (χ0n) is 14.5. The van der Waals surface area contributed by atoms with Gasteiger partial charge in [-0.2, -0.15) is 0 Å². The van der Waals surface area contributed by atoms with Gasteiger partial charge in [-0.05, 0) is 42.5 Å². The van der Waals surface area contributed by atoms with E-state index in [9.17, 15) is 14.7 Å². The van der Waals surface area contributed by atoms with Crippen LogP contribution in [0, 0.1) is 0 Å². The molecule has 0 bridgehead atoms. The van der Waals surface area contributed by atoms with Gasteiger partial charge in [-0.15, -0.1) is 0 Å². The van der Waals surface area contributed by atoms with Crippen LogP contribution in [0.25, 0.3) is 0 Å². The van der Waals surface area contributed by atoms with Gasteiger partial charge in [-0.3, -0.25) is 4.79 Å². The Morgan fingerprint density at radius 3 is 2.64 bits per heavy atom. The molecule has 0 saturated heterocycles. The second-order valence-corrected chi connectivity index (χ2v) is 6.95. The third-order valence-corrected chi connectivity index (χ3v) is 4.77. The summed E-state index contributed by atoms with van der Waals surface area (Å²) in [6, 6.07) is 17.0. The second kappa shape index (κ2) is 9.25. The van der Waals surface area contributed by atoms with Gasteiger partial charge in [0.15, 0.2) is 5.75 Å². The number of anilines is 1. The number of carbonyl (C=O) groups is 2. The molecular weight excluding hydrogens is 400 g/mol. The molecule has 28 heavy (non-hydrogen) atoms. The molecule has 0 aliphatic rings. The number of amides is 1. The lowest BCUT2D eigenvalue weighted by Crippen LogP contribution is -2.15. The van der Waals surface area contributed by atoms with Gasteiger partial charge >= 0.3 is 5.97 Å². The number of carboxylic acid groups (broad SMARTS) is 1. The molecule has 0 radical (unpaired) electrons. The number of pyridine rings is 1. The first-order valence-electron chi connectivity index (χ1n) is 8.16. The van der Waals surface area contributed by atoms with E-state index in [1.165, 1.54) is 18.3 Å². The summed E-state index contributed by atoms with van der Waals surface area (Å²) in [7, 11) is 0. The van der Waals surface area contributed by atoms with Crippen molar-refractivity contribution >= 4 is 40.9 Å². The summed E-state index contributed by atoms with van der Waals surface area (Å²) >= 11 is 7.08. The van der Waals surface area contributed by atoms with Crippen LogP contribution < -0.4 is 10.1 Å². The number of rotatable bonds is 7. The van der Waals surface area contributed by atoms with E-state index in [2.05, 4.69) is 10.3 Å². The van der Waals surface area contributed by atoms with Crippen LogP contribution in [0.2, 0.25) is 5.02 Å². The Hall–Kier alpha value is -3.03. The van der Waals surface area contributed by atoms with Crippen molar-refractivity contribution in [3.8, 4) is 11.5 Å². The summed E-state index contributed by atoms with van der Waals surface area (Å²) in [6.45, 7) is 0. The topological polar surface area (TPSA) is 88.5 Å². The Morgan fingerprint density at radius 1 is 1.11 bits per heavy atom. The van der Waals surface area contributed by atoms with E-state index in [0.717, 1.165) is 11.8 Å². The number of halogens is 1. The van der Waals surface area contributed by atoms with Crippen LogP contribution in [0.15, 0.2) is 71.9 Å². The molecule has 0 fully saturated rings. The minimum absolute atomic E-state index is 0.0193. The zero-order valence-corrected chi connectivity index (χ0v) is 16.0. The fourth-order valence-corrected chi connectivity index (χ4v) is 3.25. The molecule has 0 spiro atoms. The molecule has 8 heteroatoms. The predicted molar refractivity (Wildman–Crippen MR) is 109 cm³/mol. The summed E-state index contributed by atoms with van der Waals surface area (Å²) < 4.78 is 5.81. The lowest BCUT2D eigenvalue weighted by Gasteiger charge is -2.13. The summed E-state index contributed by atoms with van der Waals surface area (Å²) in [5.41, 5.74) is 0.470. The Balaban J connectivity index is 1.70. The third kappa shape index (κ3) is 5.25. The number of thioether (sulfide) groups is 1. The van der Waals surface area contributed by atoms with Crippen molar-refractivity contribution in [3.05, 3.63) is 77.4 Å². The molecule has 1 aromatic heterocycles. The first-order chi connectivity index (χ1) is 13.5. The van der Waals surface area contributed by atoms with Gasteiger partial charge in [0.1, 0.15) is 10.8 Å². The smallest absolute Gasteiger partial charge is 0.338 e. The molecule has 142 valence electrons. The predicted octanol–water partition coefficient (Wildman–Crippen LogP) is 4.96. The average molecular weight is 415 g/mol. The molecule has 3 aromatic rings. The normalized spacial score (nSPS) is 10.3. The largest absolute Gasteiger partial charge is 0.478 e. The number of hydrogen-bond acceptors (Lipinski definition) is 5. The van der Waals surface area contributed by atoms with Crippen LogP contribution >= 0.6 is 23.4 Å². The standard InChI is InChI=1S/C20H15ClN2O4S/c21-13-8-9-17(27-14-5-2-1-3-6-14)16(11-13)23-18(24)12-28-19-15(20(25)26)7-4-10-22-19/h1-11H,12H2,(H,23,24)(H,25,26). The SMILES string of the molecule is O=C(CSc1ncccc1C(=O)O)Nc1cc(Cl)ccc1Oc1ccccc1. The van der Waals surface area contributed by atoms with Crippen LogP contribution in [-0.2, 0) is 4.79 Å². The molecule has 2 N–H and O–H groups in total. The highest BCUT2D eigenvalue weighted by molar-refractivity contribution is 8.00. The number of nitrogens with one attached hydrogen (secondary N) is 1. The second-order valence-electron chi connectivity index (χ2n) is 5.55. The Labute approximate surface area is 170 Å².